The highest BCUT2D eigenvalue weighted by atomic mass is 16.5. The van der Waals surface area contributed by atoms with Crippen molar-refractivity contribution in [3.63, 3.8) is 0 Å². The van der Waals surface area contributed by atoms with Crippen LogP contribution in [-0.4, -0.2) is 47.2 Å². The van der Waals surface area contributed by atoms with Gasteiger partial charge in [-0.15, -0.1) is 0 Å². The maximum Gasteiger partial charge on any atom is 0.255 e. The van der Waals surface area contributed by atoms with Crippen molar-refractivity contribution in [3.05, 3.63) is 17.0 Å². The average molecular weight is 321 g/mol. The third-order valence-corrected chi connectivity index (χ3v) is 4.92. The molecule has 1 amide bonds. The molecule has 0 aromatic carbocycles. The van der Waals surface area contributed by atoms with Gasteiger partial charge < -0.3 is 15.2 Å². The SMILES string of the molecule is CCc1nn(CC2(CO)CC2)c2c1C(=O)NCCCOCCC2. The molecule has 1 aromatic rings. The van der Waals surface area contributed by atoms with Crippen LogP contribution in [0.1, 0.15) is 54.4 Å². The number of aliphatic hydroxyl groups excluding tert-OH is 1. The summed E-state index contributed by atoms with van der Waals surface area (Å²) in [4.78, 5) is 12.6. The van der Waals surface area contributed by atoms with Crippen LogP contribution in [0.4, 0.5) is 0 Å². The molecule has 1 aliphatic carbocycles. The fourth-order valence-electron chi connectivity index (χ4n) is 3.22. The van der Waals surface area contributed by atoms with Crippen molar-refractivity contribution in [2.45, 2.75) is 52.0 Å². The van der Waals surface area contributed by atoms with Gasteiger partial charge in [0.15, 0.2) is 0 Å². The fourth-order valence-corrected chi connectivity index (χ4v) is 3.22. The van der Waals surface area contributed by atoms with Gasteiger partial charge in [0.1, 0.15) is 0 Å². The lowest BCUT2D eigenvalue weighted by molar-refractivity contribution is 0.0943. The van der Waals surface area contributed by atoms with Crippen molar-refractivity contribution in [2.24, 2.45) is 5.41 Å². The molecule has 0 bridgehead atoms. The van der Waals surface area contributed by atoms with Crippen molar-refractivity contribution < 1.29 is 14.6 Å². The largest absolute Gasteiger partial charge is 0.396 e. The van der Waals surface area contributed by atoms with E-state index in [0.29, 0.717) is 26.3 Å². The molecule has 0 atom stereocenters. The molecule has 0 radical (unpaired) electrons. The lowest BCUT2D eigenvalue weighted by Gasteiger charge is -2.15. The summed E-state index contributed by atoms with van der Waals surface area (Å²) in [5.41, 5.74) is 2.60. The molecule has 0 unspecified atom stereocenters. The molecule has 2 heterocycles. The number of nitrogens with one attached hydrogen (secondary N) is 1. The molecule has 6 nitrogen and oxygen atoms in total. The number of fused-ring (bicyclic) bond motifs is 1. The first kappa shape index (κ1) is 16.5. The van der Waals surface area contributed by atoms with Crippen LogP contribution in [-0.2, 0) is 24.1 Å². The van der Waals surface area contributed by atoms with E-state index in [9.17, 15) is 9.90 Å². The summed E-state index contributed by atoms with van der Waals surface area (Å²) in [5.74, 6) is -0.0150. The predicted octanol–water partition coefficient (Wildman–Crippen LogP) is 1.30. The van der Waals surface area contributed by atoms with E-state index in [1.165, 1.54) is 0 Å². The standard InChI is InChI=1S/C17H27N3O3/c1-2-13-15-14(20(19-13)11-17(12-21)6-7-17)5-3-9-23-10-4-8-18-16(15)22/h21H,2-12H2,1H3,(H,18,22). The number of rotatable bonds is 4. The zero-order valence-corrected chi connectivity index (χ0v) is 13.9. The van der Waals surface area contributed by atoms with E-state index in [4.69, 9.17) is 9.84 Å². The van der Waals surface area contributed by atoms with E-state index >= 15 is 0 Å². The second kappa shape index (κ2) is 7.01. The number of ether oxygens (including phenoxy) is 1. The van der Waals surface area contributed by atoms with E-state index < -0.39 is 0 Å². The van der Waals surface area contributed by atoms with Crippen molar-refractivity contribution in [3.8, 4) is 0 Å². The summed E-state index contributed by atoms with van der Waals surface area (Å²) >= 11 is 0. The molecule has 1 fully saturated rings. The molecule has 1 aromatic heterocycles. The zero-order valence-electron chi connectivity index (χ0n) is 13.9. The highest BCUT2D eigenvalue weighted by Gasteiger charge is 2.43. The first-order valence-electron chi connectivity index (χ1n) is 8.74. The van der Waals surface area contributed by atoms with Crippen LogP contribution in [0.5, 0.6) is 0 Å². The molecule has 0 saturated heterocycles. The highest BCUT2D eigenvalue weighted by molar-refractivity contribution is 5.96. The first-order chi connectivity index (χ1) is 11.2. The molecule has 0 spiro atoms. The minimum absolute atomic E-state index is 0.0150. The normalized spacial score (nSPS) is 21.2. The maximum atomic E-state index is 12.6. The van der Waals surface area contributed by atoms with Crippen molar-refractivity contribution >= 4 is 5.91 Å². The number of hydrogen-bond donors (Lipinski definition) is 2. The zero-order chi connectivity index (χ0) is 16.3. The Kier molecular flexibility index (Phi) is 5.02. The summed E-state index contributed by atoms with van der Waals surface area (Å²) in [5, 5.41) is 17.3. The van der Waals surface area contributed by atoms with Crippen molar-refractivity contribution in [2.75, 3.05) is 26.4 Å². The highest BCUT2D eigenvalue weighted by Crippen LogP contribution is 2.46. The quantitative estimate of drug-likeness (QED) is 0.876. The van der Waals surface area contributed by atoms with Gasteiger partial charge >= 0.3 is 0 Å². The van der Waals surface area contributed by atoms with E-state index in [1.807, 2.05) is 11.6 Å². The Bertz CT molecular complexity index is 564. The first-order valence-corrected chi connectivity index (χ1v) is 8.74. The third kappa shape index (κ3) is 3.58. The summed E-state index contributed by atoms with van der Waals surface area (Å²) < 4.78 is 7.58. The Balaban J connectivity index is 1.92. The van der Waals surface area contributed by atoms with E-state index in [2.05, 4.69) is 5.32 Å². The van der Waals surface area contributed by atoms with Gasteiger partial charge in [0.25, 0.3) is 5.91 Å². The number of aryl methyl sites for hydroxylation is 1. The van der Waals surface area contributed by atoms with Crippen LogP contribution in [0.15, 0.2) is 0 Å². The minimum atomic E-state index is -0.0238. The monoisotopic (exact) mass is 321 g/mol. The smallest absolute Gasteiger partial charge is 0.255 e. The van der Waals surface area contributed by atoms with Crippen LogP contribution < -0.4 is 5.32 Å². The molecular formula is C17H27N3O3. The molecule has 128 valence electrons. The third-order valence-electron chi connectivity index (χ3n) is 4.92. The van der Waals surface area contributed by atoms with Gasteiger partial charge in [-0.2, -0.15) is 5.10 Å². The van der Waals surface area contributed by atoms with Crippen LogP contribution in [0.25, 0.3) is 0 Å². The Hall–Kier alpha value is -1.40. The molecule has 1 saturated carbocycles. The van der Waals surface area contributed by atoms with Gasteiger partial charge in [-0.1, -0.05) is 6.92 Å². The van der Waals surface area contributed by atoms with Crippen LogP contribution in [0.3, 0.4) is 0 Å². The molecule has 2 aliphatic rings. The Morgan fingerprint density at radius 1 is 1.35 bits per heavy atom. The minimum Gasteiger partial charge on any atom is -0.396 e. The summed E-state index contributed by atoms with van der Waals surface area (Å²) in [6.45, 7) is 4.97. The number of amides is 1. The summed E-state index contributed by atoms with van der Waals surface area (Å²) in [7, 11) is 0. The number of aliphatic hydroxyl groups is 1. The van der Waals surface area contributed by atoms with E-state index in [0.717, 1.165) is 55.5 Å². The fraction of sp³-hybridized carbons (Fsp3) is 0.765. The molecule has 23 heavy (non-hydrogen) atoms. The van der Waals surface area contributed by atoms with Crippen LogP contribution in [0.2, 0.25) is 0 Å². The van der Waals surface area contributed by atoms with Gasteiger partial charge in [0.05, 0.1) is 23.6 Å². The van der Waals surface area contributed by atoms with Gasteiger partial charge in [0, 0.05) is 31.7 Å². The van der Waals surface area contributed by atoms with Gasteiger partial charge in [-0.3, -0.25) is 9.48 Å². The molecular weight excluding hydrogens is 294 g/mol. The number of nitrogens with zero attached hydrogens (tertiary/aromatic N) is 2. The number of aromatic nitrogens is 2. The van der Waals surface area contributed by atoms with Crippen LogP contribution >= 0.6 is 0 Å². The number of carbonyl (C=O) groups is 1. The molecule has 6 heteroatoms. The van der Waals surface area contributed by atoms with E-state index in [-0.39, 0.29) is 17.9 Å². The Labute approximate surface area is 137 Å². The molecule has 2 N–H and O–H groups in total. The van der Waals surface area contributed by atoms with Gasteiger partial charge in [-0.25, -0.2) is 0 Å². The van der Waals surface area contributed by atoms with Crippen molar-refractivity contribution in [1.82, 2.24) is 15.1 Å². The summed E-state index contributed by atoms with van der Waals surface area (Å²) in [6, 6.07) is 0. The number of carbonyl (C=O) groups excluding carboxylic acids is 1. The maximum absolute atomic E-state index is 12.6. The number of hydrogen-bond acceptors (Lipinski definition) is 4. The Morgan fingerprint density at radius 2 is 2.13 bits per heavy atom. The summed E-state index contributed by atoms with van der Waals surface area (Å²) in [6.07, 6.45) is 5.33. The average Bonchev–Trinajstić information content (AvgIpc) is 3.25. The van der Waals surface area contributed by atoms with E-state index in [1.54, 1.807) is 0 Å². The second-order valence-electron chi connectivity index (χ2n) is 6.76. The van der Waals surface area contributed by atoms with Crippen molar-refractivity contribution in [1.29, 1.82) is 0 Å². The molecule has 3 rings (SSSR count). The van der Waals surface area contributed by atoms with Crippen LogP contribution in [0, 0.1) is 5.41 Å². The second-order valence-corrected chi connectivity index (χ2v) is 6.76. The lowest BCUT2D eigenvalue weighted by atomic mass is 10.1. The topological polar surface area (TPSA) is 76.4 Å². The predicted molar refractivity (Wildman–Crippen MR) is 86.4 cm³/mol. The molecule has 1 aliphatic heterocycles. The van der Waals surface area contributed by atoms with Gasteiger partial charge in [-0.05, 0) is 38.5 Å². The van der Waals surface area contributed by atoms with Gasteiger partial charge in [0.2, 0.25) is 0 Å². The lowest BCUT2D eigenvalue weighted by Crippen LogP contribution is -2.27. The Morgan fingerprint density at radius 3 is 2.83 bits per heavy atom.